The second-order valence-electron chi connectivity index (χ2n) is 3.68. The first-order valence-electron chi connectivity index (χ1n) is 5.67. The Hall–Kier alpha value is -2.69. The van der Waals surface area contributed by atoms with Crippen LogP contribution in [0.3, 0.4) is 0 Å². The Bertz CT molecular complexity index is 582. The van der Waals surface area contributed by atoms with E-state index in [9.17, 15) is 4.79 Å². The summed E-state index contributed by atoms with van der Waals surface area (Å²) in [5, 5.41) is 3.90. The van der Waals surface area contributed by atoms with Gasteiger partial charge in [0.2, 0.25) is 0 Å². The summed E-state index contributed by atoms with van der Waals surface area (Å²) in [4.78, 5) is 15.5. The number of rotatable bonds is 4. The number of aromatic nitrogens is 1. The van der Waals surface area contributed by atoms with Crippen molar-refractivity contribution in [2.75, 3.05) is 7.11 Å². The average Bonchev–Trinajstić information content (AvgIpc) is 2.48. The van der Waals surface area contributed by atoms with Crippen LogP contribution in [0, 0.1) is 0 Å². The second-order valence-corrected chi connectivity index (χ2v) is 3.68. The molecule has 1 N–H and O–H groups in total. The zero-order valence-electron chi connectivity index (χ0n) is 10.4. The molecule has 2 rings (SSSR count). The maximum atomic E-state index is 11.7. The minimum absolute atomic E-state index is 0.284. The number of hydrogen-bond acceptors (Lipinski definition) is 4. The topological polar surface area (TPSA) is 63.6 Å². The lowest BCUT2D eigenvalue weighted by atomic mass is 10.2. The van der Waals surface area contributed by atoms with Gasteiger partial charge in [-0.3, -0.25) is 9.78 Å². The molecule has 0 aliphatic carbocycles. The molecule has 19 heavy (non-hydrogen) atoms. The number of methoxy groups -OCH3 is 1. The van der Waals surface area contributed by atoms with Crippen LogP contribution in [-0.4, -0.2) is 24.2 Å². The van der Waals surface area contributed by atoms with Crippen LogP contribution < -0.4 is 10.2 Å². The Kier molecular flexibility index (Phi) is 4.23. The number of benzene rings is 1. The number of carbonyl (C=O) groups is 1. The van der Waals surface area contributed by atoms with E-state index in [1.807, 2.05) is 24.3 Å². The molecule has 0 fully saturated rings. The maximum absolute atomic E-state index is 11.7. The molecule has 0 bridgehead atoms. The molecule has 0 spiro atoms. The van der Waals surface area contributed by atoms with Crippen molar-refractivity contribution in [1.29, 1.82) is 0 Å². The molecule has 2 aromatic rings. The third kappa shape index (κ3) is 3.38. The summed E-state index contributed by atoms with van der Waals surface area (Å²) in [5.41, 5.74) is 3.74. The summed E-state index contributed by atoms with van der Waals surface area (Å²) < 4.78 is 5.18. The molecule has 1 heterocycles. The predicted octanol–water partition coefficient (Wildman–Crippen LogP) is 1.85. The van der Waals surface area contributed by atoms with E-state index in [-0.39, 0.29) is 5.91 Å². The minimum Gasteiger partial charge on any atom is -0.496 e. The van der Waals surface area contributed by atoms with E-state index < -0.39 is 0 Å². The molecular formula is C14H13N3O2. The summed E-state index contributed by atoms with van der Waals surface area (Å²) >= 11 is 0. The van der Waals surface area contributed by atoms with Gasteiger partial charge in [-0.05, 0) is 24.3 Å². The average molecular weight is 255 g/mol. The third-order valence-corrected chi connectivity index (χ3v) is 2.45. The molecule has 1 aromatic carbocycles. The standard InChI is InChI=1S/C14H13N3O2/c1-19-13-5-3-2-4-12(13)10-16-17-14(18)11-6-8-15-9-7-11/h2-10H,1H3,(H,17,18)/b16-10-. The fourth-order valence-corrected chi connectivity index (χ4v) is 1.50. The van der Waals surface area contributed by atoms with Crippen molar-refractivity contribution < 1.29 is 9.53 Å². The monoisotopic (exact) mass is 255 g/mol. The normalized spacial score (nSPS) is 10.4. The molecule has 0 saturated carbocycles. The van der Waals surface area contributed by atoms with Crippen molar-refractivity contribution in [2.45, 2.75) is 0 Å². The lowest BCUT2D eigenvalue weighted by molar-refractivity contribution is 0.0955. The van der Waals surface area contributed by atoms with Gasteiger partial charge in [-0.2, -0.15) is 5.10 Å². The number of ether oxygens (including phenoxy) is 1. The van der Waals surface area contributed by atoms with Crippen molar-refractivity contribution in [1.82, 2.24) is 10.4 Å². The molecule has 0 aliphatic heterocycles. The summed E-state index contributed by atoms with van der Waals surface area (Å²) in [5.74, 6) is 0.415. The fraction of sp³-hybridized carbons (Fsp3) is 0.0714. The van der Waals surface area contributed by atoms with Crippen LogP contribution in [0.1, 0.15) is 15.9 Å². The Balaban J connectivity index is 2.02. The van der Waals surface area contributed by atoms with Gasteiger partial charge < -0.3 is 4.74 Å². The van der Waals surface area contributed by atoms with Gasteiger partial charge >= 0.3 is 0 Å². The smallest absolute Gasteiger partial charge is 0.271 e. The highest BCUT2D eigenvalue weighted by molar-refractivity contribution is 5.94. The number of hydrazone groups is 1. The first-order chi connectivity index (χ1) is 9.31. The van der Waals surface area contributed by atoms with Crippen molar-refractivity contribution in [3.05, 3.63) is 59.9 Å². The zero-order chi connectivity index (χ0) is 13.5. The van der Waals surface area contributed by atoms with Gasteiger partial charge in [-0.25, -0.2) is 5.43 Å². The summed E-state index contributed by atoms with van der Waals surface area (Å²) in [6.07, 6.45) is 4.65. The molecular weight excluding hydrogens is 242 g/mol. The van der Waals surface area contributed by atoms with Crippen LogP contribution >= 0.6 is 0 Å². The largest absolute Gasteiger partial charge is 0.496 e. The number of amides is 1. The molecule has 0 radical (unpaired) electrons. The second kappa shape index (κ2) is 6.30. The first kappa shape index (κ1) is 12.8. The van der Waals surface area contributed by atoms with E-state index in [2.05, 4.69) is 15.5 Å². The number of para-hydroxylation sites is 1. The highest BCUT2D eigenvalue weighted by atomic mass is 16.5. The van der Waals surface area contributed by atoms with Crippen LogP contribution in [0.15, 0.2) is 53.9 Å². The number of carbonyl (C=O) groups excluding carboxylic acids is 1. The molecule has 96 valence electrons. The molecule has 0 saturated heterocycles. The van der Waals surface area contributed by atoms with Gasteiger partial charge in [0, 0.05) is 23.5 Å². The zero-order valence-corrected chi connectivity index (χ0v) is 10.4. The third-order valence-electron chi connectivity index (χ3n) is 2.45. The summed E-state index contributed by atoms with van der Waals surface area (Å²) in [6.45, 7) is 0. The van der Waals surface area contributed by atoms with Crippen LogP contribution in [0.4, 0.5) is 0 Å². The van der Waals surface area contributed by atoms with Gasteiger partial charge in [-0.1, -0.05) is 12.1 Å². The van der Waals surface area contributed by atoms with Gasteiger partial charge in [0.15, 0.2) is 0 Å². The number of pyridine rings is 1. The molecule has 5 heteroatoms. The summed E-state index contributed by atoms with van der Waals surface area (Å²) in [6, 6.07) is 10.6. The molecule has 1 amide bonds. The maximum Gasteiger partial charge on any atom is 0.271 e. The van der Waals surface area contributed by atoms with Crippen LogP contribution in [-0.2, 0) is 0 Å². The van der Waals surface area contributed by atoms with Crippen molar-refractivity contribution in [3.63, 3.8) is 0 Å². The minimum atomic E-state index is -0.284. The van der Waals surface area contributed by atoms with Crippen molar-refractivity contribution in [3.8, 4) is 5.75 Å². The van der Waals surface area contributed by atoms with Crippen LogP contribution in [0.2, 0.25) is 0 Å². The highest BCUT2D eigenvalue weighted by Crippen LogP contribution is 2.14. The lowest BCUT2D eigenvalue weighted by Crippen LogP contribution is -2.17. The van der Waals surface area contributed by atoms with E-state index in [1.165, 1.54) is 6.21 Å². The van der Waals surface area contributed by atoms with Gasteiger partial charge in [0.1, 0.15) is 5.75 Å². The quantitative estimate of drug-likeness (QED) is 0.670. The molecule has 5 nitrogen and oxygen atoms in total. The van der Waals surface area contributed by atoms with Gasteiger partial charge in [-0.15, -0.1) is 0 Å². The van der Waals surface area contributed by atoms with E-state index in [4.69, 9.17) is 4.74 Å². The molecule has 0 atom stereocenters. The SMILES string of the molecule is COc1ccccc1/C=N\NC(=O)c1ccncc1. The Morgan fingerprint density at radius 2 is 2.00 bits per heavy atom. The first-order valence-corrected chi connectivity index (χ1v) is 5.67. The Labute approximate surface area is 110 Å². The van der Waals surface area contributed by atoms with Crippen molar-refractivity contribution >= 4 is 12.1 Å². The van der Waals surface area contributed by atoms with E-state index in [1.54, 1.807) is 31.6 Å². The van der Waals surface area contributed by atoms with E-state index in [0.29, 0.717) is 11.3 Å². The number of nitrogens with one attached hydrogen (secondary N) is 1. The highest BCUT2D eigenvalue weighted by Gasteiger charge is 2.02. The number of hydrogen-bond donors (Lipinski definition) is 1. The van der Waals surface area contributed by atoms with Gasteiger partial charge in [0.25, 0.3) is 5.91 Å². The Morgan fingerprint density at radius 1 is 1.26 bits per heavy atom. The van der Waals surface area contributed by atoms with Crippen molar-refractivity contribution in [2.24, 2.45) is 5.10 Å². The lowest BCUT2D eigenvalue weighted by Gasteiger charge is -2.03. The molecule has 0 unspecified atom stereocenters. The summed E-state index contributed by atoms with van der Waals surface area (Å²) in [7, 11) is 1.59. The fourth-order valence-electron chi connectivity index (χ4n) is 1.50. The molecule has 0 aliphatic rings. The molecule has 1 aromatic heterocycles. The Morgan fingerprint density at radius 3 is 2.74 bits per heavy atom. The van der Waals surface area contributed by atoms with E-state index in [0.717, 1.165) is 5.56 Å². The predicted molar refractivity (Wildman–Crippen MR) is 72.3 cm³/mol. The van der Waals surface area contributed by atoms with Gasteiger partial charge in [0.05, 0.1) is 13.3 Å². The van der Waals surface area contributed by atoms with Crippen LogP contribution in [0.5, 0.6) is 5.75 Å². The van der Waals surface area contributed by atoms with E-state index >= 15 is 0 Å². The number of nitrogens with zero attached hydrogens (tertiary/aromatic N) is 2. The van der Waals surface area contributed by atoms with Crippen LogP contribution in [0.25, 0.3) is 0 Å².